The highest BCUT2D eigenvalue weighted by atomic mass is 16.5. The zero-order chi connectivity index (χ0) is 11.3. The van der Waals surface area contributed by atoms with Crippen molar-refractivity contribution in [2.24, 2.45) is 0 Å². The summed E-state index contributed by atoms with van der Waals surface area (Å²) in [6.45, 7) is 0.866. The van der Waals surface area contributed by atoms with Crippen molar-refractivity contribution in [2.45, 2.75) is 6.61 Å². The Labute approximate surface area is 87.9 Å². The van der Waals surface area contributed by atoms with Crippen molar-refractivity contribution < 1.29 is 14.3 Å². The molecule has 1 heterocycles. The summed E-state index contributed by atoms with van der Waals surface area (Å²) in [5, 5.41) is 8.72. The van der Waals surface area contributed by atoms with Crippen molar-refractivity contribution in [1.82, 2.24) is 4.90 Å². The van der Waals surface area contributed by atoms with E-state index in [1.807, 2.05) is 19.0 Å². The molecule has 0 unspecified atom stereocenters. The van der Waals surface area contributed by atoms with Crippen LogP contribution in [0, 0.1) is 0 Å². The number of hydrogen-bond donors (Lipinski definition) is 1. The summed E-state index contributed by atoms with van der Waals surface area (Å²) in [7, 11) is 3.83. The molecule has 0 aliphatic carbocycles. The number of likely N-dealkylation sites (N-methyl/N-ethyl adjacent to an activating group) is 1. The van der Waals surface area contributed by atoms with Crippen LogP contribution < -0.4 is 10.2 Å². The molecule has 0 bridgehead atoms. The smallest absolute Gasteiger partial charge is 0.227 e. The van der Waals surface area contributed by atoms with Crippen LogP contribution in [0.2, 0.25) is 0 Å². The summed E-state index contributed by atoms with van der Waals surface area (Å²) in [6.07, 6.45) is 1.23. The maximum absolute atomic E-state index is 11.4. The normalized spacial score (nSPS) is 10.7. The zero-order valence-corrected chi connectivity index (χ0v) is 8.90. The lowest BCUT2D eigenvalue weighted by Gasteiger charge is -2.10. The number of hydrogen-bond acceptors (Lipinski definition) is 5. The van der Waals surface area contributed by atoms with Crippen molar-refractivity contribution in [3.8, 4) is 5.75 Å². The molecule has 0 amide bonds. The predicted octanol–water partition coefficient (Wildman–Crippen LogP) is 0.0725. The Morgan fingerprint density at radius 2 is 2.27 bits per heavy atom. The lowest BCUT2D eigenvalue weighted by Crippen LogP contribution is -2.21. The molecule has 15 heavy (non-hydrogen) atoms. The largest absolute Gasteiger partial charge is 0.485 e. The van der Waals surface area contributed by atoms with E-state index in [1.54, 1.807) is 0 Å². The molecule has 0 saturated carbocycles. The fourth-order valence-corrected chi connectivity index (χ4v) is 0.965. The summed E-state index contributed by atoms with van der Waals surface area (Å²) in [5.41, 5.74) is -0.274. The molecular formula is C10H15NO4. The lowest BCUT2D eigenvalue weighted by molar-refractivity contribution is 0.230. The maximum Gasteiger partial charge on any atom is 0.227 e. The van der Waals surface area contributed by atoms with Crippen molar-refractivity contribution in [2.75, 3.05) is 27.2 Å². The van der Waals surface area contributed by atoms with Gasteiger partial charge in [0.2, 0.25) is 11.2 Å². The molecule has 1 rings (SSSR count). The van der Waals surface area contributed by atoms with Crippen LogP contribution in [0.3, 0.4) is 0 Å². The molecule has 5 heteroatoms. The van der Waals surface area contributed by atoms with Crippen LogP contribution >= 0.6 is 0 Å². The fourth-order valence-electron chi connectivity index (χ4n) is 0.965. The van der Waals surface area contributed by atoms with Gasteiger partial charge in [-0.25, -0.2) is 0 Å². The van der Waals surface area contributed by atoms with Crippen LogP contribution in [0.1, 0.15) is 5.76 Å². The minimum atomic E-state index is -0.285. The molecule has 0 radical (unpaired) electrons. The van der Waals surface area contributed by atoms with Crippen molar-refractivity contribution in [1.29, 1.82) is 0 Å². The van der Waals surface area contributed by atoms with E-state index in [9.17, 15) is 4.79 Å². The van der Waals surface area contributed by atoms with Gasteiger partial charge in [0.15, 0.2) is 0 Å². The molecule has 84 valence electrons. The fraction of sp³-hybridized carbons (Fsp3) is 0.500. The number of rotatable bonds is 5. The van der Waals surface area contributed by atoms with Crippen LogP contribution in [-0.2, 0) is 6.61 Å². The quantitative estimate of drug-likeness (QED) is 0.750. The van der Waals surface area contributed by atoms with E-state index in [0.29, 0.717) is 6.61 Å². The van der Waals surface area contributed by atoms with Gasteiger partial charge in [-0.05, 0) is 14.1 Å². The monoisotopic (exact) mass is 213 g/mol. The number of nitrogens with zero attached hydrogens (tertiary/aromatic N) is 1. The summed E-state index contributed by atoms with van der Waals surface area (Å²) in [5.74, 6) is 0.411. The highest BCUT2D eigenvalue weighted by Gasteiger charge is 2.03. The van der Waals surface area contributed by atoms with Gasteiger partial charge in [0.05, 0.1) is 0 Å². The first-order chi connectivity index (χ1) is 7.13. The molecule has 0 saturated heterocycles. The molecule has 0 fully saturated rings. The van der Waals surface area contributed by atoms with E-state index in [-0.39, 0.29) is 23.5 Å². The van der Waals surface area contributed by atoms with Gasteiger partial charge >= 0.3 is 0 Å². The van der Waals surface area contributed by atoms with E-state index in [4.69, 9.17) is 14.3 Å². The molecule has 0 atom stereocenters. The molecule has 0 aliphatic rings. The molecular weight excluding hydrogens is 198 g/mol. The molecule has 0 aromatic carbocycles. The van der Waals surface area contributed by atoms with E-state index >= 15 is 0 Å². The Bertz CT molecular complexity index is 359. The van der Waals surface area contributed by atoms with E-state index in [1.165, 1.54) is 12.3 Å². The molecule has 1 aromatic rings. The van der Waals surface area contributed by atoms with Gasteiger partial charge in [-0.1, -0.05) is 0 Å². The van der Waals surface area contributed by atoms with Crippen molar-refractivity contribution >= 4 is 0 Å². The summed E-state index contributed by atoms with van der Waals surface area (Å²) >= 11 is 0. The van der Waals surface area contributed by atoms with Gasteiger partial charge in [-0.15, -0.1) is 0 Å². The predicted molar refractivity (Wildman–Crippen MR) is 54.9 cm³/mol. The second kappa shape index (κ2) is 5.53. The number of aliphatic hydroxyl groups is 1. The Morgan fingerprint density at radius 3 is 2.80 bits per heavy atom. The van der Waals surface area contributed by atoms with E-state index < -0.39 is 0 Å². The second-order valence-electron chi connectivity index (χ2n) is 3.38. The topological polar surface area (TPSA) is 62.9 Å². The van der Waals surface area contributed by atoms with Crippen LogP contribution in [0.5, 0.6) is 5.75 Å². The SMILES string of the molecule is CN(C)CCOc1coc(CO)cc1=O. The summed E-state index contributed by atoms with van der Waals surface area (Å²) in [6, 6.07) is 1.23. The van der Waals surface area contributed by atoms with Gasteiger partial charge in [-0.3, -0.25) is 4.79 Å². The second-order valence-corrected chi connectivity index (χ2v) is 3.38. The molecule has 0 spiro atoms. The van der Waals surface area contributed by atoms with Crippen molar-refractivity contribution in [3.63, 3.8) is 0 Å². The number of ether oxygens (including phenoxy) is 1. The standard InChI is InChI=1S/C10H15NO4/c1-11(2)3-4-14-10-7-15-8(6-12)5-9(10)13/h5,7,12H,3-4,6H2,1-2H3. The molecule has 1 N–H and O–H groups in total. The van der Waals surface area contributed by atoms with Gasteiger partial charge in [0.25, 0.3) is 0 Å². The first-order valence-corrected chi connectivity index (χ1v) is 4.63. The van der Waals surface area contributed by atoms with Crippen LogP contribution in [-0.4, -0.2) is 37.3 Å². The third-order valence-corrected chi connectivity index (χ3v) is 1.80. The molecule has 1 aromatic heterocycles. The van der Waals surface area contributed by atoms with Crippen LogP contribution in [0.15, 0.2) is 21.5 Å². The Kier molecular flexibility index (Phi) is 4.33. The van der Waals surface area contributed by atoms with E-state index in [0.717, 1.165) is 6.54 Å². The van der Waals surface area contributed by atoms with Gasteiger partial charge in [0.1, 0.15) is 25.2 Å². The van der Waals surface area contributed by atoms with Gasteiger partial charge in [-0.2, -0.15) is 0 Å². The first kappa shape index (κ1) is 11.7. The Hall–Kier alpha value is -1.33. The third-order valence-electron chi connectivity index (χ3n) is 1.80. The maximum atomic E-state index is 11.4. The van der Waals surface area contributed by atoms with Gasteiger partial charge < -0.3 is 19.2 Å². The first-order valence-electron chi connectivity index (χ1n) is 4.63. The Balaban J connectivity index is 2.58. The summed E-state index contributed by atoms with van der Waals surface area (Å²) in [4.78, 5) is 13.3. The lowest BCUT2D eigenvalue weighted by atomic mass is 10.4. The molecule has 5 nitrogen and oxygen atoms in total. The van der Waals surface area contributed by atoms with Crippen LogP contribution in [0.25, 0.3) is 0 Å². The van der Waals surface area contributed by atoms with Gasteiger partial charge in [0, 0.05) is 12.6 Å². The third kappa shape index (κ3) is 3.73. The van der Waals surface area contributed by atoms with E-state index in [2.05, 4.69) is 0 Å². The summed E-state index contributed by atoms with van der Waals surface area (Å²) < 4.78 is 10.2. The average molecular weight is 213 g/mol. The average Bonchev–Trinajstić information content (AvgIpc) is 2.20. The van der Waals surface area contributed by atoms with Crippen LogP contribution in [0.4, 0.5) is 0 Å². The number of aliphatic hydroxyl groups excluding tert-OH is 1. The van der Waals surface area contributed by atoms with Crippen molar-refractivity contribution in [3.05, 3.63) is 28.3 Å². The highest BCUT2D eigenvalue weighted by Crippen LogP contribution is 2.05. The highest BCUT2D eigenvalue weighted by molar-refractivity contribution is 5.17. The minimum Gasteiger partial charge on any atom is -0.485 e. The zero-order valence-electron chi connectivity index (χ0n) is 8.90. The Morgan fingerprint density at radius 1 is 1.53 bits per heavy atom. The minimum absolute atomic E-state index is 0.175. The molecule has 0 aliphatic heterocycles.